The first-order valence-electron chi connectivity index (χ1n) is 9.82. The van der Waals surface area contributed by atoms with E-state index >= 15 is 0 Å². The van der Waals surface area contributed by atoms with Gasteiger partial charge in [0.1, 0.15) is 5.78 Å². The highest BCUT2D eigenvalue weighted by atomic mass is 16.1. The summed E-state index contributed by atoms with van der Waals surface area (Å²) in [5, 5.41) is 0. The Balaban J connectivity index is 1.23. The van der Waals surface area contributed by atoms with Crippen molar-refractivity contribution in [3.05, 3.63) is 18.0 Å². The molecule has 5 nitrogen and oxygen atoms in total. The Bertz CT molecular complexity index is 659. The molecule has 2 bridgehead atoms. The second kappa shape index (κ2) is 5.50. The maximum Gasteiger partial charge on any atom is 0.225 e. The number of hydrogen-bond donors (Lipinski definition) is 0. The Hall–Kier alpha value is -1.49. The lowest BCUT2D eigenvalue weighted by Gasteiger charge is -2.57. The van der Waals surface area contributed by atoms with E-state index in [1.807, 2.05) is 0 Å². The molecule has 0 radical (unpaired) electrons. The molecule has 5 heteroatoms. The fourth-order valence-electron chi connectivity index (χ4n) is 5.94. The number of rotatable bonds is 3. The quantitative estimate of drug-likeness (QED) is 0.846. The molecule has 2 saturated carbocycles. The number of hydrogen-bond acceptors (Lipinski definition) is 5. The van der Waals surface area contributed by atoms with Crippen molar-refractivity contribution < 1.29 is 4.79 Å². The summed E-state index contributed by atoms with van der Waals surface area (Å²) in [5.74, 6) is 2.25. The molecular formula is C20H28N4O. The van der Waals surface area contributed by atoms with Gasteiger partial charge in [-0.3, -0.25) is 4.79 Å². The summed E-state index contributed by atoms with van der Waals surface area (Å²) in [6.07, 6.45) is 11.3. The second-order valence-electron chi connectivity index (χ2n) is 9.15. The van der Waals surface area contributed by atoms with Gasteiger partial charge in [-0.15, -0.1) is 0 Å². The lowest BCUT2D eigenvalue weighted by atomic mass is 9.47. The van der Waals surface area contributed by atoms with E-state index in [0.717, 1.165) is 31.9 Å². The molecule has 0 aromatic carbocycles. The number of piperazine rings is 1. The average molecular weight is 340 g/mol. The molecular weight excluding hydrogens is 312 g/mol. The third-order valence-electron chi connectivity index (χ3n) is 7.32. The van der Waals surface area contributed by atoms with Crippen LogP contribution in [-0.4, -0.2) is 52.9 Å². The number of Topliss-reactive ketones (excluding diaryl/α,β-unsaturated/α-hetero) is 1. The van der Waals surface area contributed by atoms with Crippen LogP contribution in [0.3, 0.4) is 0 Å². The van der Waals surface area contributed by atoms with Gasteiger partial charge in [0.05, 0.1) is 0 Å². The third-order valence-corrected chi connectivity index (χ3v) is 7.32. The van der Waals surface area contributed by atoms with Crippen molar-refractivity contribution in [1.82, 2.24) is 14.9 Å². The van der Waals surface area contributed by atoms with E-state index in [-0.39, 0.29) is 0 Å². The van der Waals surface area contributed by atoms with Crippen molar-refractivity contribution in [2.45, 2.75) is 63.5 Å². The number of fused-ring (bicyclic) bond motifs is 2. The van der Waals surface area contributed by atoms with Gasteiger partial charge in [0.15, 0.2) is 0 Å². The van der Waals surface area contributed by atoms with Crippen LogP contribution in [0.15, 0.2) is 12.4 Å². The Morgan fingerprint density at radius 1 is 1.08 bits per heavy atom. The maximum atomic E-state index is 11.4. The van der Waals surface area contributed by atoms with Crippen LogP contribution in [0, 0.1) is 11.3 Å². The highest BCUT2D eigenvalue weighted by molar-refractivity contribution is 5.79. The van der Waals surface area contributed by atoms with E-state index in [4.69, 9.17) is 9.97 Å². The van der Waals surface area contributed by atoms with E-state index in [0.29, 0.717) is 35.1 Å². The van der Waals surface area contributed by atoms with Gasteiger partial charge in [-0.05, 0) is 69.4 Å². The van der Waals surface area contributed by atoms with Gasteiger partial charge in [0.25, 0.3) is 0 Å². The molecule has 134 valence electrons. The first kappa shape index (κ1) is 15.7. The van der Waals surface area contributed by atoms with Gasteiger partial charge < -0.3 is 9.80 Å². The Kier molecular flexibility index (Phi) is 3.46. The first-order chi connectivity index (χ1) is 12.0. The maximum absolute atomic E-state index is 11.4. The fourth-order valence-corrected chi connectivity index (χ4v) is 5.94. The first-order valence-corrected chi connectivity index (χ1v) is 9.82. The summed E-state index contributed by atoms with van der Waals surface area (Å²) < 4.78 is 0. The van der Waals surface area contributed by atoms with Gasteiger partial charge in [0, 0.05) is 43.5 Å². The van der Waals surface area contributed by atoms with Gasteiger partial charge >= 0.3 is 0 Å². The number of anilines is 1. The molecule has 0 amide bonds. The van der Waals surface area contributed by atoms with E-state index in [1.165, 1.54) is 31.2 Å². The van der Waals surface area contributed by atoms with Crippen LogP contribution in [-0.2, 0) is 4.79 Å². The van der Waals surface area contributed by atoms with Gasteiger partial charge in [-0.1, -0.05) is 0 Å². The van der Waals surface area contributed by atoms with Gasteiger partial charge in [0.2, 0.25) is 5.95 Å². The molecule has 3 heterocycles. The third kappa shape index (κ3) is 2.50. The van der Waals surface area contributed by atoms with E-state index in [2.05, 4.69) is 29.2 Å². The zero-order valence-electron chi connectivity index (χ0n) is 15.3. The van der Waals surface area contributed by atoms with Crippen molar-refractivity contribution in [2.75, 3.05) is 25.0 Å². The van der Waals surface area contributed by atoms with Crippen LogP contribution in [0.4, 0.5) is 5.95 Å². The Labute approximate surface area is 149 Å². The van der Waals surface area contributed by atoms with Crippen LogP contribution in [0.2, 0.25) is 0 Å². The fraction of sp³-hybridized carbons (Fsp3) is 0.750. The largest absolute Gasteiger partial charge is 0.332 e. The molecule has 5 rings (SSSR count). The molecule has 2 aliphatic heterocycles. The van der Waals surface area contributed by atoms with Crippen molar-refractivity contribution in [1.29, 1.82) is 0 Å². The van der Waals surface area contributed by atoms with Crippen molar-refractivity contribution in [3.8, 4) is 0 Å². The molecule has 1 aromatic rings. The summed E-state index contributed by atoms with van der Waals surface area (Å²) in [6, 6.07) is 1.17. The molecule has 0 N–H and O–H groups in total. The Morgan fingerprint density at radius 3 is 2.24 bits per heavy atom. The minimum Gasteiger partial charge on any atom is -0.332 e. The molecule has 4 aliphatic rings. The molecule has 2 aliphatic carbocycles. The van der Waals surface area contributed by atoms with E-state index in [1.54, 1.807) is 6.92 Å². The van der Waals surface area contributed by atoms with Crippen LogP contribution in [0.5, 0.6) is 0 Å². The number of likely N-dealkylation sites (N-methyl/N-ethyl adjacent to an activating group) is 1. The summed E-state index contributed by atoms with van der Waals surface area (Å²) >= 11 is 0. The van der Waals surface area contributed by atoms with Crippen molar-refractivity contribution in [2.24, 2.45) is 11.3 Å². The van der Waals surface area contributed by atoms with Crippen LogP contribution in [0.25, 0.3) is 0 Å². The normalized spacial score (nSPS) is 40.0. The monoisotopic (exact) mass is 340 g/mol. The topological polar surface area (TPSA) is 49.3 Å². The molecule has 1 aromatic heterocycles. The molecule has 1 spiro atoms. The number of carbonyl (C=O) groups is 1. The molecule has 2 unspecified atom stereocenters. The highest BCUT2D eigenvalue weighted by Crippen LogP contribution is 2.64. The number of ketones is 1. The minimum atomic E-state index is 0.340. The summed E-state index contributed by atoms with van der Waals surface area (Å²) in [7, 11) is 2.22. The highest BCUT2D eigenvalue weighted by Gasteiger charge is 2.54. The van der Waals surface area contributed by atoms with Gasteiger partial charge in [-0.25, -0.2) is 9.97 Å². The van der Waals surface area contributed by atoms with Crippen LogP contribution < -0.4 is 4.90 Å². The molecule has 2 atom stereocenters. The smallest absolute Gasteiger partial charge is 0.225 e. The average Bonchev–Trinajstić information content (AvgIpc) is 2.77. The minimum absolute atomic E-state index is 0.340. The molecule has 4 fully saturated rings. The number of nitrogens with zero attached hydrogens (tertiary/aromatic N) is 4. The predicted octanol–water partition coefficient (Wildman–Crippen LogP) is 2.62. The summed E-state index contributed by atoms with van der Waals surface area (Å²) in [4.78, 5) is 25.8. The summed E-state index contributed by atoms with van der Waals surface area (Å²) in [6.45, 7) is 4.00. The Morgan fingerprint density at radius 2 is 1.68 bits per heavy atom. The summed E-state index contributed by atoms with van der Waals surface area (Å²) in [5.41, 5.74) is 1.76. The second-order valence-corrected chi connectivity index (χ2v) is 9.15. The standard InChI is InChI=1S/C20H28N4O/c1-13(25)14-5-20(6-14)7-15(8-20)16-9-21-19(22-10-16)24-17-3-4-18(24)12-23(2)11-17/h9-10,14-15,17-18H,3-8,11-12H2,1-2H3/t14-,15-,17?,18?,20?. The van der Waals surface area contributed by atoms with Crippen molar-refractivity contribution in [3.63, 3.8) is 0 Å². The number of aromatic nitrogens is 2. The zero-order chi connectivity index (χ0) is 17.2. The lowest BCUT2D eigenvalue weighted by Crippen LogP contribution is -2.53. The molecule has 25 heavy (non-hydrogen) atoms. The molecule has 2 saturated heterocycles. The SMILES string of the molecule is CC(=O)[C@H]1CC2(C1)C[C@H](c1cnc(N3C4CCC3CN(C)C4)nc1)C2. The van der Waals surface area contributed by atoms with Crippen molar-refractivity contribution >= 4 is 11.7 Å². The van der Waals surface area contributed by atoms with Crippen LogP contribution in [0.1, 0.15) is 56.9 Å². The lowest BCUT2D eigenvalue weighted by molar-refractivity contribution is -0.133. The van der Waals surface area contributed by atoms with E-state index in [9.17, 15) is 4.79 Å². The number of carbonyl (C=O) groups excluding carboxylic acids is 1. The van der Waals surface area contributed by atoms with Gasteiger partial charge in [-0.2, -0.15) is 0 Å². The van der Waals surface area contributed by atoms with Crippen LogP contribution >= 0.6 is 0 Å². The number of likely N-dealkylation sites (tertiary alicyclic amines) is 1. The van der Waals surface area contributed by atoms with E-state index < -0.39 is 0 Å². The predicted molar refractivity (Wildman–Crippen MR) is 96.6 cm³/mol. The zero-order valence-corrected chi connectivity index (χ0v) is 15.3.